The minimum absolute atomic E-state index is 0.0555. The molecule has 164 valence electrons. The Kier molecular flexibility index (Phi) is 5.43. The lowest BCUT2D eigenvalue weighted by Gasteiger charge is -2.42. The van der Waals surface area contributed by atoms with Gasteiger partial charge in [-0.25, -0.2) is 0 Å². The molecular formula is C20H24F3N3O4. The number of hydrazone groups is 1. The maximum absolute atomic E-state index is 14.0. The van der Waals surface area contributed by atoms with Gasteiger partial charge in [0.05, 0.1) is 17.3 Å². The summed E-state index contributed by atoms with van der Waals surface area (Å²) in [7, 11) is 0. The summed E-state index contributed by atoms with van der Waals surface area (Å²) in [5.41, 5.74) is -3.36. The van der Waals surface area contributed by atoms with Crippen molar-refractivity contribution in [3.63, 3.8) is 0 Å². The molecule has 1 heterocycles. The summed E-state index contributed by atoms with van der Waals surface area (Å²) >= 11 is 0. The molecule has 1 aromatic carbocycles. The number of nitro benzene ring substituents is 1. The van der Waals surface area contributed by atoms with Crippen LogP contribution < -0.4 is 0 Å². The highest BCUT2D eigenvalue weighted by Crippen LogP contribution is 2.51. The first-order valence-electron chi connectivity index (χ1n) is 9.68. The van der Waals surface area contributed by atoms with Gasteiger partial charge < -0.3 is 5.11 Å². The van der Waals surface area contributed by atoms with E-state index in [2.05, 4.69) is 5.10 Å². The van der Waals surface area contributed by atoms with Crippen LogP contribution in [0.3, 0.4) is 0 Å². The monoisotopic (exact) mass is 427 g/mol. The van der Waals surface area contributed by atoms with E-state index in [9.17, 15) is 33.2 Å². The van der Waals surface area contributed by atoms with Crippen molar-refractivity contribution < 1.29 is 28.0 Å². The normalized spacial score (nSPS) is 26.9. The van der Waals surface area contributed by atoms with Crippen LogP contribution in [0.1, 0.15) is 45.6 Å². The molecule has 3 rings (SSSR count). The lowest BCUT2D eigenvalue weighted by atomic mass is 9.66. The van der Waals surface area contributed by atoms with Gasteiger partial charge in [-0.05, 0) is 36.2 Å². The van der Waals surface area contributed by atoms with Crippen molar-refractivity contribution in [2.75, 3.05) is 0 Å². The predicted molar refractivity (Wildman–Crippen MR) is 102 cm³/mol. The average Bonchev–Trinajstić information content (AvgIpc) is 2.95. The quantitative estimate of drug-likeness (QED) is 0.581. The molecule has 1 aromatic rings. The first kappa shape index (κ1) is 22.2. The minimum atomic E-state index is -5.09. The van der Waals surface area contributed by atoms with Gasteiger partial charge >= 0.3 is 6.18 Å². The van der Waals surface area contributed by atoms with E-state index in [1.165, 1.54) is 24.3 Å². The number of rotatable bonds is 3. The molecule has 1 amide bonds. The third-order valence-electron chi connectivity index (χ3n) is 6.09. The van der Waals surface area contributed by atoms with Crippen molar-refractivity contribution in [3.8, 4) is 0 Å². The molecular weight excluding hydrogens is 403 g/mol. The van der Waals surface area contributed by atoms with Gasteiger partial charge in [-0.1, -0.05) is 32.9 Å². The highest BCUT2D eigenvalue weighted by atomic mass is 19.4. The van der Waals surface area contributed by atoms with E-state index in [4.69, 9.17) is 0 Å². The zero-order valence-electron chi connectivity index (χ0n) is 16.9. The lowest BCUT2D eigenvalue weighted by Crippen LogP contribution is -2.62. The number of benzene rings is 1. The maximum Gasteiger partial charge on any atom is 0.439 e. The van der Waals surface area contributed by atoms with Gasteiger partial charge in [0.1, 0.15) is 0 Å². The summed E-state index contributed by atoms with van der Waals surface area (Å²) in [4.78, 5) is 22.9. The zero-order valence-corrected chi connectivity index (χ0v) is 16.9. The smallest absolute Gasteiger partial charge is 0.362 e. The molecule has 2 aliphatic rings. The second kappa shape index (κ2) is 7.33. The minimum Gasteiger partial charge on any atom is -0.362 e. The fourth-order valence-corrected chi connectivity index (χ4v) is 4.24. The molecule has 0 spiro atoms. The molecule has 1 N–H and O–H groups in total. The van der Waals surface area contributed by atoms with Gasteiger partial charge in [-0.15, -0.1) is 0 Å². The Labute approximate surface area is 171 Å². The molecule has 1 aliphatic heterocycles. The van der Waals surface area contributed by atoms with E-state index >= 15 is 0 Å². The van der Waals surface area contributed by atoms with Gasteiger partial charge in [-0.2, -0.15) is 23.3 Å². The number of halogens is 3. The van der Waals surface area contributed by atoms with E-state index in [-0.39, 0.29) is 46.1 Å². The van der Waals surface area contributed by atoms with E-state index in [0.29, 0.717) is 6.42 Å². The maximum atomic E-state index is 14.0. The predicted octanol–water partition coefficient (Wildman–Crippen LogP) is 4.05. The van der Waals surface area contributed by atoms with Gasteiger partial charge in [0, 0.05) is 17.8 Å². The van der Waals surface area contributed by atoms with Crippen molar-refractivity contribution >= 4 is 17.3 Å². The number of nitrogens with zero attached hydrogens (tertiary/aromatic N) is 3. The van der Waals surface area contributed by atoms with E-state index in [0.717, 1.165) is 0 Å². The second-order valence-corrected chi connectivity index (χ2v) is 9.01. The Balaban J connectivity index is 1.89. The number of hydrogen-bond acceptors (Lipinski definition) is 5. The summed E-state index contributed by atoms with van der Waals surface area (Å²) in [6, 6.07) is 4.94. The van der Waals surface area contributed by atoms with Crippen LogP contribution in [-0.4, -0.2) is 38.6 Å². The Morgan fingerprint density at radius 3 is 2.40 bits per heavy atom. The Bertz CT molecular complexity index is 877. The third-order valence-corrected chi connectivity index (χ3v) is 6.09. The van der Waals surface area contributed by atoms with Crippen LogP contribution >= 0.6 is 0 Å². The zero-order chi connectivity index (χ0) is 22.5. The summed E-state index contributed by atoms with van der Waals surface area (Å²) in [6.45, 7) is 5.83. The molecule has 1 saturated carbocycles. The molecule has 1 aliphatic carbocycles. The number of hydrogen-bond donors (Lipinski definition) is 1. The summed E-state index contributed by atoms with van der Waals surface area (Å²) < 4.78 is 42.1. The number of nitro groups is 1. The van der Waals surface area contributed by atoms with E-state index in [1.54, 1.807) is 0 Å². The van der Waals surface area contributed by atoms with Crippen molar-refractivity contribution in [1.29, 1.82) is 0 Å². The van der Waals surface area contributed by atoms with Gasteiger partial charge in [0.25, 0.3) is 11.4 Å². The summed E-state index contributed by atoms with van der Waals surface area (Å²) in [6.07, 6.45) is -4.56. The Morgan fingerprint density at radius 2 is 1.90 bits per heavy atom. The molecule has 30 heavy (non-hydrogen) atoms. The molecule has 3 atom stereocenters. The van der Waals surface area contributed by atoms with Gasteiger partial charge in [-0.3, -0.25) is 14.9 Å². The van der Waals surface area contributed by atoms with Crippen molar-refractivity contribution in [3.05, 3.63) is 39.9 Å². The van der Waals surface area contributed by atoms with Crippen LogP contribution in [-0.2, 0) is 11.2 Å². The van der Waals surface area contributed by atoms with Gasteiger partial charge in [0.15, 0.2) is 0 Å². The molecule has 0 aromatic heterocycles. The molecule has 10 heteroatoms. The number of carbonyl (C=O) groups is 1. The summed E-state index contributed by atoms with van der Waals surface area (Å²) in [5.74, 6) is -2.38. The highest BCUT2D eigenvalue weighted by molar-refractivity contribution is 5.93. The molecule has 0 bridgehead atoms. The fourth-order valence-electron chi connectivity index (χ4n) is 4.24. The number of carbonyl (C=O) groups excluding carboxylic acids is 1. The third kappa shape index (κ3) is 3.80. The standard InChI is InChI=1S/C20H24F3N3O4/c1-18(2,3)13-6-9-16-15(11-13)19(28,20(21,22)23)25(24-16)17(27)10-12-4-7-14(8-5-12)26(29)30/h4-5,7-8,13,15,28H,6,9-11H2,1-3H3/t13-,15+,19+/m1/s1. The van der Waals surface area contributed by atoms with E-state index in [1.807, 2.05) is 20.8 Å². The van der Waals surface area contributed by atoms with Crippen LogP contribution in [0.25, 0.3) is 0 Å². The van der Waals surface area contributed by atoms with Crippen LogP contribution in [0, 0.1) is 27.4 Å². The molecule has 1 fully saturated rings. The summed E-state index contributed by atoms with van der Waals surface area (Å²) in [5, 5.41) is 25.6. The Morgan fingerprint density at radius 1 is 1.30 bits per heavy atom. The molecule has 0 saturated heterocycles. The topological polar surface area (TPSA) is 96.0 Å². The molecule has 0 unspecified atom stereocenters. The fraction of sp³-hybridized carbons (Fsp3) is 0.600. The van der Waals surface area contributed by atoms with Crippen molar-refractivity contribution in [2.24, 2.45) is 22.4 Å². The number of aliphatic hydroxyl groups is 1. The van der Waals surface area contributed by atoms with Crippen LogP contribution in [0.15, 0.2) is 29.4 Å². The molecule has 0 radical (unpaired) electrons. The van der Waals surface area contributed by atoms with E-state index < -0.39 is 35.1 Å². The van der Waals surface area contributed by atoms with Crippen molar-refractivity contribution in [2.45, 2.75) is 58.4 Å². The second-order valence-electron chi connectivity index (χ2n) is 9.01. The largest absolute Gasteiger partial charge is 0.439 e. The molecule has 7 nitrogen and oxygen atoms in total. The van der Waals surface area contributed by atoms with Crippen LogP contribution in [0.5, 0.6) is 0 Å². The number of non-ortho nitro benzene ring substituents is 1. The first-order chi connectivity index (χ1) is 13.7. The Hall–Kier alpha value is -2.49. The number of alkyl halides is 3. The van der Waals surface area contributed by atoms with Crippen LogP contribution in [0.2, 0.25) is 0 Å². The SMILES string of the molecule is CC(C)(C)[C@@H]1CCC2=NN(C(=O)Cc3ccc([N+](=O)[O-])cc3)[C@@](O)(C(F)(F)F)[C@H]2C1. The van der Waals surface area contributed by atoms with Crippen molar-refractivity contribution in [1.82, 2.24) is 5.01 Å². The first-order valence-corrected chi connectivity index (χ1v) is 9.68. The number of amides is 1. The van der Waals surface area contributed by atoms with Gasteiger partial charge in [0.2, 0.25) is 5.91 Å². The average molecular weight is 427 g/mol. The van der Waals surface area contributed by atoms with Crippen LogP contribution in [0.4, 0.5) is 18.9 Å². The number of fused-ring (bicyclic) bond motifs is 1. The highest BCUT2D eigenvalue weighted by Gasteiger charge is 2.69. The lowest BCUT2D eigenvalue weighted by molar-refractivity contribution is -0.384.